The van der Waals surface area contributed by atoms with Gasteiger partial charge in [0.1, 0.15) is 5.82 Å². The number of ether oxygens (including phenoxy) is 1. The van der Waals surface area contributed by atoms with Gasteiger partial charge in [-0.2, -0.15) is 16.7 Å². The number of aryl methyl sites for hydroxylation is 4. The first-order chi connectivity index (χ1) is 21.2. The predicted molar refractivity (Wildman–Crippen MR) is 178 cm³/mol. The van der Waals surface area contributed by atoms with Crippen molar-refractivity contribution in [3.8, 4) is 34.1 Å². The van der Waals surface area contributed by atoms with Crippen molar-refractivity contribution in [3.63, 3.8) is 0 Å². The maximum atomic E-state index is 6.44. The van der Waals surface area contributed by atoms with Crippen LogP contribution >= 0.6 is 0 Å². The second kappa shape index (κ2) is 12.1. The molecule has 0 aliphatic carbocycles. The number of hydrogen-bond donors (Lipinski definition) is 0. The Morgan fingerprint density at radius 3 is 2.31 bits per heavy atom. The van der Waals surface area contributed by atoms with Crippen LogP contribution in [0.4, 0.5) is 0 Å². The number of benzene rings is 4. The summed E-state index contributed by atoms with van der Waals surface area (Å²) in [5.41, 5.74) is 11.2. The number of nitrogens with zero attached hydrogens (tertiary/aromatic N) is 4. The zero-order valence-corrected chi connectivity index (χ0v) is 28.5. The van der Waals surface area contributed by atoms with E-state index in [-0.39, 0.29) is 21.1 Å². The van der Waals surface area contributed by atoms with Gasteiger partial charge in [0, 0.05) is 35.0 Å². The van der Waals surface area contributed by atoms with Gasteiger partial charge in [-0.1, -0.05) is 62.2 Å². The van der Waals surface area contributed by atoms with Gasteiger partial charge in [-0.15, -0.1) is 35.7 Å². The van der Waals surface area contributed by atoms with Crippen LogP contribution in [0.15, 0.2) is 91.4 Å². The Hall–Kier alpha value is -4.47. The summed E-state index contributed by atoms with van der Waals surface area (Å²) in [5, 5.41) is 6.95. The van der Waals surface area contributed by atoms with Gasteiger partial charge in [0.2, 0.25) is 0 Å². The third-order valence-electron chi connectivity index (χ3n) is 8.21. The minimum absolute atomic E-state index is 0. The molecule has 7 aromatic rings. The van der Waals surface area contributed by atoms with Crippen molar-refractivity contribution in [3.05, 3.63) is 131 Å². The smallest absolute Gasteiger partial charge is 0.509 e. The van der Waals surface area contributed by atoms with Crippen LogP contribution in [0.2, 0.25) is 0 Å². The van der Waals surface area contributed by atoms with Crippen LogP contribution in [0.1, 0.15) is 47.6 Å². The summed E-state index contributed by atoms with van der Waals surface area (Å²) in [4.78, 5) is 4.76. The van der Waals surface area contributed by atoms with Gasteiger partial charge >= 0.3 is 21.1 Å². The molecule has 0 aliphatic rings. The van der Waals surface area contributed by atoms with Crippen LogP contribution in [0.3, 0.4) is 0 Å². The molecule has 0 amide bonds. The van der Waals surface area contributed by atoms with E-state index in [1.807, 2.05) is 29.2 Å². The average molecular weight is 770 g/mol. The zero-order valence-electron chi connectivity index (χ0n) is 26.3. The summed E-state index contributed by atoms with van der Waals surface area (Å²) >= 11 is 0. The van der Waals surface area contributed by atoms with Crippen LogP contribution in [-0.2, 0) is 21.1 Å². The van der Waals surface area contributed by atoms with Gasteiger partial charge in [-0.05, 0) is 78.2 Å². The Kier molecular flexibility index (Phi) is 8.24. The third kappa shape index (κ3) is 5.73. The maximum absolute atomic E-state index is 6.44. The fraction of sp³-hybridized carbons (Fsp3) is 0.179. The molecule has 4 aromatic carbocycles. The number of rotatable bonds is 6. The van der Waals surface area contributed by atoms with Gasteiger partial charge in [-0.25, -0.2) is 4.98 Å². The number of fused-ring (bicyclic) bond motifs is 3. The topological polar surface area (TPSA) is 44.9 Å². The van der Waals surface area contributed by atoms with Crippen molar-refractivity contribution >= 4 is 21.8 Å². The predicted octanol–water partition coefficient (Wildman–Crippen LogP) is 9.78. The monoisotopic (exact) mass is 769 g/mol. The van der Waals surface area contributed by atoms with Crippen LogP contribution in [0, 0.1) is 39.8 Å². The van der Waals surface area contributed by atoms with Crippen LogP contribution in [-0.4, -0.2) is 19.3 Å². The molecule has 5 nitrogen and oxygen atoms in total. The normalized spacial score (nSPS) is 11.4. The Bertz CT molecular complexity index is 2170. The molecule has 0 radical (unpaired) electrons. The molecule has 0 saturated heterocycles. The third-order valence-corrected chi connectivity index (χ3v) is 8.21. The fourth-order valence-electron chi connectivity index (χ4n) is 6.27. The molecule has 3 heterocycles. The Labute approximate surface area is 278 Å². The molecule has 0 fully saturated rings. The zero-order chi connectivity index (χ0) is 30.5. The SMILES string of the molecule is Cc1cc(Oc2[c-]c3c(cc2)c2ccccc2n3-c2cc(C(C)C)ccn2)[c-]c(-n2cc(-c3c(C)cc(C)cc3C)cn2)c1.[Pt+2]. The van der Waals surface area contributed by atoms with Crippen LogP contribution < -0.4 is 4.74 Å². The molecule has 7 rings (SSSR count). The molecule has 0 unspecified atom stereocenters. The quantitative estimate of drug-likeness (QED) is 0.158. The summed E-state index contributed by atoms with van der Waals surface area (Å²) in [7, 11) is 0. The first-order valence-electron chi connectivity index (χ1n) is 15.0. The van der Waals surface area contributed by atoms with Crippen molar-refractivity contribution in [2.24, 2.45) is 0 Å². The van der Waals surface area contributed by atoms with Crippen molar-refractivity contribution in [1.82, 2.24) is 19.3 Å². The molecule has 45 heavy (non-hydrogen) atoms. The van der Waals surface area contributed by atoms with Crippen molar-refractivity contribution in [2.75, 3.05) is 0 Å². The molecular weight excluding hydrogens is 736 g/mol. The summed E-state index contributed by atoms with van der Waals surface area (Å²) in [6.45, 7) is 12.9. The number of pyridine rings is 1. The maximum Gasteiger partial charge on any atom is 2.00 e. The molecule has 0 N–H and O–H groups in total. The van der Waals surface area contributed by atoms with Gasteiger partial charge in [0.25, 0.3) is 0 Å². The minimum atomic E-state index is 0. The van der Waals surface area contributed by atoms with E-state index in [9.17, 15) is 0 Å². The minimum Gasteiger partial charge on any atom is -0.509 e. The van der Waals surface area contributed by atoms with Gasteiger partial charge in [-0.3, -0.25) is 4.68 Å². The summed E-state index contributed by atoms with van der Waals surface area (Å²) in [5.74, 6) is 2.49. The second-order valence-corrected chi connectivity index (χ2v) is 12.0. The average Bonchev–Trinajstić information content (AvgIpc) is 3.59. The molecule has 0 atom stereocenters. The Balaban J connectivity index is 0.00000357. The Morgan fingerprint density at radius 1 is 0.778 bits per heavy atom. The van der Waals surface area contributed by atoms with Crippen LogP contribution in [0.5, 0.6) is 11.5 Å². The van der Waals surface area contributed by atoms with E-state index in [0.717, 1.165) is 44.4 Å². The molecule has 0 bridgehead atoms. The van der Waals surface area contributed by atoms with E-state index in [4.69, 9.17) is 14.8 Å². The first kappa shape index (κ1) is 30.6. The van der Waals surface area contributed by atoms with E-state index >= 15 is 0 Å². The molecule has 3 aromatic heterocycles. The second-order valence-electron chi connectivity index (χ2n) is 12.0. The summed E-state index contributed by atoms with van der Waals surface area (Å²) in [6.07, 6.45) is 5.87. The van der Waals surface area contributed by atoms with E-state index in [0.29, 0.717) is 17.4 Å². The van der Waals surface area contributed by atoms with Crippen molar-refractivity contribution in [1.29, 1.82) is 0 Å². The van der Waals surface area contributed by atoms with Crippen molar-refractivity contribution in [2.45, 2.75) is 47.5 Å². The van der Waals surface area contributed by atoms with E-state index in [2.05, 4.69) is 125 Å². The summed E-state index contributed by atoms with van der Waals surface area (Å²) < 4.78 is 10.5. The van der Waals surface area contributed by atoms with E-state index in [1.54, 1.807) is 0 Å². The fourth-order valence-corrected chi connectivity index (χ4v) is 6.27. The van der Waals surface area contributed by atoms with Gasteiger partial charge in [0.05, 0.1) is 6.20 Å². The van der Waals surface area contributed by atoms with E-state index < -0.39 is 0 Å². The van der Waals surface area contributed by atoms with Crippen LogP contribution in [0.25, 0.3) is 44.4 Å². The number of para-hydroxylation sites is 1. The van der Waals surface area contributed by atoms with Gasteiger partial charge < -0.3 is 9.30 Å². The van der Waals surface area contributed by atoms with Gasteiger partial charge in [0.15, 0.2) is 0 Å². The molecule has 226 valence electrons. The Morgan fingerprint density at radius 2 is 1.53 bits per heavy atom. The molecular formula is C39H34N4OPt. The molecule has 0 aliphatic heterocycles. The summed E-state index contributed by atoms with van der Waals surface area (Å²) in [6, 6.07) is 32.2. The molecule has 0 saturated carbocycles. The molecule has 0 spiro atoms. The van der Waals surface area contributed by atoms with E-state index in [1.165, 1.54) is 27.8 Å². The largest absolute Gasteiger partial charge is 2.00 e. The number of hydrogen-bond acceptors (Lipinski definition) is 3. The van der Waals surface area contributed by atoms with Crippen molar-refractivity contribution < 1.29 is 25.8 Å². The first-order valence-corrected chi connectivity index (χ1v) is 15.0. The standard InChI is InChI=1S/C39H34N4O.Pt/c1-24(2)29-13-14-40-38(19-29)43-36-10-8-7-9-34(36)35-12-11-32(21-37(35)43)44-33-18-26(4)17-31(20-33)42-23-30(22-41-42)39-27(5)15-25(3)16-28(39)6;/h7-19,22-24H,1-6H3;/q-2;+2. The number of aromatic nitrogens is 4. The molecule has 6 heteroatoms.